The highest BCUT2D eigenvalue weighted by atomic mass is 16.5. The average molecular weight is 193 g/mol. The van der Waals surface area contributed by atoms with E-state index in [2.05, 4.69) is 4.74 Å². The van der Waals surface area contributed by atoms with Crippen molar-refractivity contribution >= 4 is 11.7 Å². The maximum Gasteiger partial charge on any atom is 0.341 e. The van der Waals surface area contributed by atoms with Gasteiger partial charge < -0.3 is 15.2 Å². The highest BCUT2D eigenvalue weighted by Gasteiger charge is 2.21. The van der Waals surface area contributed by atoms with Crippen molar-refractivity contribution in [1.82, 2.24) is 0 Å². The van der Waals surface area contributed by atoms with Crippen LogP contribution in [0.15, 0.2) is 12.1 Å². The van der Waals surface area contributed by atoms with E-state index in [9.17, 15) is 4.79 Å². The second kappa shape index (κ2) is 3.21. The lowest BCUT2D eigenvalue weighted by atomic mass is 10.1. The van der Waals surface area contributed by atoms with Crippen LogP contribution in [0.5, 0.6) is 5.75 Å². The summed E-state index contributed by atoms with van der Waals surface area (Å²) in [6, 6.07) is 3.41. The van der Waals surface area contributed by atoms with E-state index in [1.165, 1.54) is 7.11 Å². The minimum Gasteiger partial charge on any atom is -0.492 e. The van der Waals surface area contributed by atoms with E-state index in [1.807, 2.05) is 6.07 Å². The molecule has 1 aromatic carbocycles. The minimum atomic E-state index is -0.407. The van der Waals surface area contributed by atoms with Crippen LogP contribution < -0.4 is 10.5 Å². The molecule has 0 amide bonds. The zero-order valence-electron chi connectivity index (χ0n) is 7.87. The third-order valence-corrected chi connectivity index (χ3v) is 2.21. The van der Waals surface area contributed by atoms with Gasteiger partial charge in [-0.3, -0.25) is 0 Å². The molecule has 0 atom stereocenters. The zero-order valence-corrected chi connectivity index (χ0v) is 7.87. The van der Waals surface area contributed by atoms with Crippen LogP contribution in [0.4, 0.5) is 5.69 Å². The highest BCUT2D eigenvalue weighted by molar-refractivity contribution is 5.94. The van der Waals surface area contributed by atoms with Crippen molar-refractivity contribution in [2.45, 2.75) is 6.42 Å². The van der Waals surface area contributed by atoms with Crippen LogP contribution in [0, 0.1) is 0 Å². The van der Waals surface area contributed by atoms with Crippen molar-refractivity contribution in [2.24, 2.45) is 0 Å². The first kappa shape index (κ1) is 8.87. The van der Waals surface area contributed by atoms with Crippen molar-refractivity contribution in [3.63, 3.8) is 0 Å². The van der Waals surface area contributed by atoms with Crippen molar-refractivity contribution in [2.75, 3.05) is 19.5 Å². The number of fused-ring (bicyclic) bond motifs is 1. The Hall–Kier alpha value is -1.71. The Morgan fingerprint density at radius 1 is 1.57 bits per heavy atom. The normalized spacial score (nSPS) is 13.2. The highest BCUT2D eigenvalue weighted by Crippen LogP contribution is 2.32. The molecule has 1 aromatic rings. The summed E-state index contributed by atoms with van der Waals surface area (Å²) in [6.45, 7) is 0.600. The first-order valence-corrected chi connectivity index (χ1v) is 4.36. The van der Waals surface area contributed by atoms with Gasteiger partial charge in [-0.1, -0.05) is 0 Å². The van der Waals surface area contributed by atoms with Crippen molar-refractivity contribution in [1.29, 1.82) is 0 Å². The first-order chi connectivity index (χ1) is 6.72. The number of carbonyl (C=O) groups is 1. The molecule has 4 nitrogen and oxygen atoms in total. The predicted molar refractivity (Wildman–Crippen MR) is 51.4 cm³/mol. The van der Waals surface area contributed by atoms with Gasteiger partial charge in [0.15, 0.2) is 0 Å². The maximum absolute atomic E-state index is 11.4. The Morgan fingerprint density at radius 2 is 2.36 bits per heavy atom. The van der Waals surface area contributed by atoms with E-state index in [0.717, 1.165) is 12.0 Å². The molecule has 74 valence electrons. The summed E-state index contributed by atoms with van der Waals surface area (Å²) >= 11 is 0. The average Bonchev–Trinajstić information content (AvgIpc) is 2.62. The second-order valence-corrected chi connectivity index (χ2v) is 3.15. The molecule has 0 aromatic heterocycles. The van der Waals surface area contributed by atoms with E-state index in [4.69, 9.17) is 10.5 Å². The lowest BCUT2D eigenvalue weighted by Gasteiger charge is -2.06. The van der Waals surface area contributed by atoms with Gasteiger partial charge in [0.1, 0.15) is 11.3 Å². The number of carbonyl (C=O) groups excluding carboxylic acids is 1. The van der Waals surface area contributed by atoms with Gasteiger partial charge in [0.05, 0.1) is 13.7 Å². The summed E-state index contributed by atoms with van der Waals surface area (Å²) in [5.41, 5.74) is 7.62. The lowest BCUT2D eigenvalue weighted by molar-refractivity contribution is 0.0597. The molecule has 4 heteroatoms. The molecule has 14 heavy (non-hydrogen) atoms. The minimum absolute atomic E-state index is 0.407. The summed E-state index contributed by atoms with van der Waals surface area (Å²) in [6.07, 6.45) is 0.796. The van der Waals surface area contributed by atoms with Crippen LogP contribution in [-0.4, -0.2) is 19.7 Å². The number of nitrogens with two attached hydrogens (primary N) is 1. The van der Waals surface area contributed by atoms with Crippen LogP contribution >= 0.6 is 0 Å². The summed E-state index contributed by atoms with van der Waals surface area (Å²) in [7, 11) is 1.34. The third kappa shape index (κ3) is 1.28. The van der Waals surface area contributed by atoms with Crippen molar-refractivity contribution in [3.05, 3.63) is 23.3 Å². The number of hydrogen-bond acceptors (Lipinski definition) is 4. The Morgan fingerprint density at radius 3 is 3.07 bits per heavy atom. The van der Waals surface area contributed by atoms with E-state index in [1.54, 1.807) is 6.07 Å². The predicted octanol–water partition coefficient (Wildman–Crippen LogP) is 0.990. The standard InChI is InChI=1S/C10H11NO3/c1-13-10(12)8-5-7(11)4-6-2-3-14-9(6)8/h4-5H,2-3,11H2,1H3. The number of esters is 1. The number of ether oxygens (including phenoxy) is 2. The van der Waals surface area contributed by atoms with Gasteiger partial charge in [-0.15, -0.1) is 0 Å². The van der Waals surface area contributed by atoms with Gasteiger partial charge in [-0.05, 0) is 12.1 Å². The molecule has 1 heterocycles. The van der Waals surface area contributed by atoms with Crippen LogP contribution in [0.1, 0.15) is 15.9 Å². The van der Waals surface area contributed by atoms with Crippen molar-refractivity contribution < 1.29 is 14.3 Å². The first-order valence-electron chi connectivity index (χ1n) is 4.36. The van der Waals surface area contributed by atoms with E-state index >= 15 is 0 Å². The molecule has 1 aliphatic rings. The van der Waals surface area contributed by atoms with Gasteiger partial charge in [0, 0.05) is 17.7 Å². The molecular weight excluding hydrogens is 182 g/mol. The summed E-state index contributed by atoms with van der Waals surface area (Å²) in [4.78, 5) is 11.4. The number of methoxy groups -OCH3 is 1. The molecule has 0 saturated carbocycles. The molecular formula is C10H11NO3. The van der Waals surface area contributed by atoms with Gasteiger partial charge in [0.25, 0.3) is 0 Å². The molecule has 0 aliphatic carbocycles. The van der Waals surface area contributed by atoms with Crippen LogP contribution in [0.25, 0.3) is 0 Å². The maximum atomic E-state index is 11.4. The second-order valence-electron chi connectivity index (χ2n) is 3.15. The fourth-order valence-electron chi connectivity index (χ4n) is 1.59. The molecule has 0 radical (unpaired) electrons. The molecule has 0 unspecified atom stereocenters. The number of rotatable bonds is 1. The van der Waals surface area contributed by atoms with E-state index < -0.39 is 5.97 Å². The van der Waals surface area contributed by atoms with Crippen LogP contribution in [0.3, 0.4) is 0 Å². The molecule has 0 bridgehead atoms. The summed E-state index contributed by atoms with van der Waals surface area (Å²) in [5.74, 6) is 0.210. The van der Waals surface area contributed by atoms with Crippen molar-refractivity contribution in [3.8, 4) is 5.75 Å². The Balaban J connectivity index is 2.54. The van der Waals surface area contributed by atoms with Gasteiger partial charge in [-0.2, -0.15) is 0 Å². The Bertz CT molecular complexity index is 387. The molecule has 0 saturated heterocycles. The molecule has 2 N–H and O–H groups in total. The Kier molecular flexibility index (Phi) is 2.04. The number of nitrogen functional groups attached to an aromatic ring is 1. The fraction of sp³-hybridized carbons (Fsp3) is 0.300. The van der Waals surface area contributed by atoms with Crippen LogP contribution in [-0.2, 0) is 11.2 Å². The zero-order chi connectivity index (χ0) is 10.1. The lowest BCUT2D eigenvalue weighted by Crippen LogP contribution is -2.04. The van der Waals surface area contributed by atoms with Gasteiger partial charge in [0.2, 0.25) is 0 Å². The largest absolute Gasteiger partial charge is 0.492 e. The molecule has 1 aliphatic heterocycles. The Labute approximate surface area is 81.6 Å². The van der Waals surface area contributed by atoms with Crippen LogP contribution in [0.2, 0.25) is 0 Å². The SMILES string of the molecule is COC(=O)c1cc(N)cc2c1OCC2. The van der Waals surface area contributed by atoms with Gasteiger partial charge >= 0.3 is 5.97 Å². The summed E-state index contributed by atoms with van der Waals surface area (Å²) in [5, 5.41) is 0. The van der Waals surface area contributed by atoms with E-state index in [0.29, 0.717) is 23.6 Å². The molecule has 0 spiro atoms. The molecule has 2 rings (SSSR count). The summed E-state index contributed by atoms with van der Waals surface area (Å²) < 4.78 is 9.99. The van der Waals surface area contributed by atoms with E-state index in [-0.39, 0.29) is 0 Å². The number of hydrogen-bond donors (Lipinski definition) is 1. The fourth-order valence-corrected chi connectivity index (χ4v) is 1.59. The quantitative estimate of drug-likeness (QED) is 0.533. The smallest absolute Gasteiger partial charge is 0.341 e. The number of benzene rings is 1. The number of anilines is 1. The topological polar surface area (TPSA) is 61.5 Å². The molecule has 0 fully saturated rings. The van der Waals surface area contributed by atoms with Gasteiger partial charge in [-0.25, -0.2) is 4.79 Å². The third-order valence-electron chi connectivity index (χ3n) is 2.21. The monoisotopic (exact) mass is 193 g/mol.